The summed E-state index contributed by atoms with van der Waals surface area (Å²) in [5, 5.41) is 22.7. The minimum atomic E-state index is -0.478. The molecule has 2 rings (SSSR count). The van der Waals surface area contributed by atoms with Crippen molar-refractivity contribution in [3.8, 4) is 17.5 Å². The number of oxazole rings is 1. The van der Waals surface area contributed by atoms with Crippen molar-refractivity contribution in [2.24, 2.45) is 0 Å². The lowest BCUT2D eigenvalue weighted by Gasteiger charge is -2.09. The van der Waals surface area contributed by atoms with Crippen LogP contribution in [0.1, 0.15) is 5.69 Å². The summed E-state index contributed by atoms with van der Waals surface area (Å²) >= 11 is 0. The van der Waals surface area contributed by atoms with Crippen molar-refractivity contribution < 1.29 is 9.34 Å². The lowest BCUT2D eigenvalue weighted by Crippen LogP contribution is -2.20. The molecule has 114 valence electrons. The number of anilines is 1. The monoisotopic (exact) mass is 301 g/mol. The van der Waals surface area contributed by atoms with E-state index >= 15 is 0 Å². The number of rotatable bonds is 6. The largest absolute Gasteiger partial charge is 0.419 e. The fourth-order valence-electron chi connectivity index (χ4n) is 1.76. The molecule has 1 heterocycles. The zero-order valence-corrected chi connectivity index (χ0v) is 12.2. The van der Waals surface area contributed by atoms with Crippen molar-refractivity contribution in [3.05, 3.63) is 40.1 Å². The Balaban J connectivity index is 2.20. The summed E-state index contributed by atoms with van der Waals surface area (Å²) in [6.45, 7) is 1.38. The van der Waals surface area contributed by atoms with E-state index in [2.05, 4.69) is 10.3 Å². The Labute approximate surface area is 127 Å². The Morgan fingerprint density at radius 1 is 1.41 bits per heavy atom. The van der Waals surface area contributed by atoms with Crippen LogP contribution in [0.4, 0.5) is 11.6 Å². The Morgan fingerprint density at radius 3 is 2.64 bits per heavy atom. The summed E-state index contributed by atoms with van der Waals surface area (Å²) in [7, 11) is 3.88. The van der Waals surface area contributed by atoms with Crippen LogP contribution in [0.5, 0.6) is 0 Å². The molecule has 0 unspecified atom stereocenters. The maximum atomic E-state index is 10.6. The molecule has 1 N–H and O–H groups in total. The second-order valence-corrected chi connectivity index (χ2v) is 4.84. The third-order valence-corrected chi connectivity index (χ3v) is 2.90. The van der Waals surface area contributed by atoms with Gasteiger partial charge in [-0.2, -0.15) is 10.2 Å². The number of non-ortho nitro benzene ring substituents is 1. The molecule has 0 aliphatic heterocycles. The van der Waals surface area contributed by atoms with Crippen molar-refractivity contribution in [1.29, 1.82) is 5.26 Å². The van der Waals surface area contributed by atoms with Gasteiger partial charge in [0.15, 0.2) is 0 Å². The second kappa shape index (κ2) is 6.69. The molecule has 22 heavy (non-hydrogen) atoms. The summed E-state index contributed by atoms with van der Waals surface area (Å²) in [4.78, 5) is 16.2. The number of nitriles is 1. The van der Waals surface area contributed by atoms with Crippen LogP contribution in [0.3, 0.4) is 0 Å². The average Bonchev–Trinajstić information content (AvgIpc) is 2.90. The molecule has 8 nitrogen and oxygen atoms in total. The highest BCUT2D eigenvalue weighted by atomic mass is 16.6. The lowest BCUT2D eigenvalue weighted by atomic mass is 10.2. The van der Waals surface area contributed by atoms with Gasteiger partial charge in [-0.3, -0.25) is 10.1 Å². The van der Waals surface area contributed by atoms with Crippen LogP contribution in [0, 0.1) is 21.4 Å². The summed E-state index contributed by atoms with van der Waals surface area (Å²) in [5.41, 5.74) is 0.718. The summed E-state index contributed by atoms with van der Waals surface area (Å²) in [5.74, 6) is 0.552. The standard InChI is InChI=1S/C14H15N5O3/c1-18(2)8-7-16-14-12(9-15)17-13(22-14)10-3-5-11(6-4-10)19(20)21/h3-6,16H,7-8H2,1-2H3. The molecule has 0 saturated carbocycles. The fraction of sp³-hybridized carbons (Fsp3) is 0.286. The molecule has 0 saturated heterocycles. The first-order valence-corrected chi connectivity index (χ1v) is 6.55. The van der Waals surface area contributed by atoms with E-state index in [0.717, 1.165) is 6.54 Å². The Bertz CT molecular complexity index is 700. The highest BCUT2D eigenvalue weighted by molar-refractivity contribution is 5.60. The molecular formula is C14H15N5O3. The van der Waals surface area contributed by atoms with Crippen LogP contribution < -0.4 is 5.32 Å². The average molecular weight is 301 g/mol. The predicted molar refractivity (Wildman–Crippen MR) is 80.4 cm³/mol. The zero-order valence-electron chi connectivity index (χ0n) is 12.2. The highest BCUT2D eigenvalue weighted by Crippen LogP contribution is 2.26. The Kier molecular flexibility index (Phi) is 4.70. The molecule has 1 aromatic heterocycles. The number of nitro benzene ring substituents is 1. The third-order valence-electron chi connectivity index (χ3n) is 2.90. The fourth-order valence-corrected chi connectivity index (χ4v) is 1.76. The van der Waals surface area contributed by atoms with Gasteiger partial charge in [-0.1, -0.05) is 0 Å². The topological polar surface area (TPSA) is 108 Å². The molecule has 8 heteroatoms. The number of nitro groups is 1. The van der Waals surface area contributed by atoms with Gasteiger partial charge in [0.1, 0.15) is 6.07 Å². The molecule has 0 spiro atoms. The van der Waals surface area contributed by atoms with E-state index in [0.29, 0.717) is 18.0 Å². The van der Waals surface area contributed by atoms with E-state index in [4.69, 9.17) is 9.68 Å². The molecule has 0 aliphatic carbocycles. The van der Waals surface area contributed by atoms with Crippen molar-refractivity contribution in [1.82, 2.24) is 9.88 Å². The number of benzene rings is 1. The van der Waals surface area contributed by atoms with Gasteiger partial charge in [0.2, 0.25) is 17.5 Å². The Hall–Kier alpha value is -2.92. The van der Waals surface area contributed by atoms with Crippen LogP contribution in [0.2, 0.25) is 0 Å². The van der Waals surface area contributed by atoms with Crippen molar-refractivity contribution >= 4 is 11.6 Å². The molecule has 0 bridgehead atoms. The molecule has 0 aliphatic rings. The van der Waals surface area contributed by atoms with Crippen LogP contribution in [0.25, 0.3) is 11.5 Å². The SMILES string of the molecule is CN(C)CCNc1oc(-c2ccc([N+](=O)[O-])cc2)nc1C#N. The number of nitrogens with one attached hydrogen (secondary N) is 1. The number of hydrogen-bond acceptors (Lipinski definition) is 7. The molecule has 0 fully saturated rings. The van der Waals surface area contributed by atoms with E-state index in [1.54, 1.807) is 0 Å². The number of nitrogens with zero attached hydrogens (tertiary/aromatic N) is 4. The number of aromatic nitrogens is 1. The summed E-state index contributed by atoms with van der Waals surface area (Å²) < 4.78 is 5.54. The minimum Gasteiger partial charge on any atom is -0.419 e. The number of hydrogen-bond donors (Lipinski definition) is 1. The van der Waals surface area contributed by atoms with E-state index in [-0.39, 0.29) is 17.3 Å². The normalized spacial score (nSPS) is 10.5. The van der Waals surface area contributed by atoms with Crippen LogP contribution in [-0.2, 0) is 0 Å². The van der Waals surface area contributed by atoms with Gasteiger partial charge >= 0.3 is 0 Å². The number of likely N-dealkylation sites (N-methyl/N-ethyl adjacent to an activating group) is 1. The van der Waals surface area contributed by atoms with Gasteiger partial charge in [0.25, 0.3) is 5.69 Å². The minimum absolute atomic E-state index is 0.0138. The summed E-state index contributed by atoms with van der Waals surface area (Å²) in [6.07, 6.45) is 0. The first-order chi connectivity index (χ1) is 10.5. The molecule has 0 amide bonds. The van der Waals surface area contributed by atoms with E-state index < -0.39 is 4.92 Å². The maximum absolute atomic E-state index is 10.6. The molecule has 1 aromatic carbocycles. The zero-order chi connectivity index (χ0) is 16.1. The van der Waals surface area contributed by atoms with Crippen LogP contribution in [-0.4, -0.2) is 42.0 Å². The smallest absolute Gasteiger partial charge is 0.269 e. The van der Waals surface area contributed by atoms with Crippen LogP contribution in [0.15, 0.2) is 28.7 Å². The van der Waals surface area contributed by atoms with E-state index in [1.165, 1.54) is 24.3 Å². The molecular weight excluding hydrogens is 286 g/mol. The van der Waals surface area contributed by atoms with Gasteiger partial charge in [-0.15, -0.1) is 0 Å². The predicted octanol–water partition coefficient (Wildman–Crippen LogP) is 2.09. The summed E-state index contributed by atoms with van der Waals surface area (Å²) in [6, 6.07) is 7.77. The molecule has 0 atom stereocenters. The van der Waals surface area contributed by atoms with Crippen molar-refractivity contribution in [2.75, 3.05) is 32.5 Å². The van der Waals surface area contributed by atoms with Gasteiger partial charge in [-0.25, -0.2) is 0 Å². The van der Waals surface area contributed by atoms with Crippen LogP contribution >= 0.6 is 0 Å². The van der Waals surface area contributed by atoms with Crippen molar-refractivity contribution in [2.45, 2.75) is 0 Å². The molecule has 2 aromatic rings. The molecule has 0 radical (unpaired) electrons. The first-order valence-electron chi connectivity index (χ1n) is 6.55. The van der Waals surface area contributed by atoms with E-state index in [9.17, 15) is 10.1 Å². The van der Waals surface area contributed by atoms with Gasteiger partial charge in [0, 0.05) is 30.8 Å². The first kappa shape index (κ1) is 15.5. The van der Waals surface area contributed by atoms with E-state index in [1.807, 2.05) is 25.1 Å². The Morgan fingerprint density at radius 2 is 2.09 bits per heavy atom. The second-order valence-electron chi connectivity index (χ2n) is 4.84. The quantitative estimate of drug-likeness (QED) is 0.642. The maximum Gasteiger partial charge on any atom is 0.269 e. The van der Waals surface area contributed by atoms with Crippen molar-refractivity contribution in [3.63, 3.8) is 0 Å². The highest BCUT2D eigenvalue weighted by Gasteiger charge is 2.15. The van der Waals surface area contributed by atoms with Gasteiger partial charge in [-0.05, 0) is 26.2 Å². The third kappa shape index (κ3) is 3.59. The van der Waals surface area contributed by atoms with Gasteiger partial charge in [0.05, 0.1) is 4.92 Å². The lowest BCUT2D eigenvalue weighted by molar-refractivity contribution is -0.384. The van der Waals surface area contributed by atoms with Gasteiger partial charge < -0.3 is 14.6 Å².